The summed E-state index contributed by atoms with van der Waals surface area (Å²) in [5, 5.41) is 19.5. The third-order valence-electron chi connectivity index (χ3n) is 4.80. The summed E-state index contributed by atoms with van der Waals surface area (Å²) < 4.78 is 1.70. The van der Waals surface area contributed by atoms with E-state index in [-0.39, 0.29) is 18.1 Å². The number of aliphatic hydroxyl groups excluding tert-OH is 1. The Bertz CT molecular complexity index is 992. The number of aryl methyl sites for hydroxylation is 2. The van der Waals surface area contributed by atoms with Gasteiger partial charge in [0.1, 0.15) is 0 Å². The summed E-state index contributed by atoms with van der Waals surface area (Å²) in [5.41, 5.74) is 4.05. The first-order valence-electron chi connectivity index (χ1n) is 9.16. The number of carbonyl (C=O) groups is 1. The second-order valence-electron chi connectivity index (χ2n) is 7.13. The first-order valence-corrected chi connectivity index (χ1v) is 9.16. The molecule has 2 heterocycles. The van der Waals surface area contributed by atoms with Crippen LogP contribution in [0.25, 0.3) is 11.3 Å². The van der Waals surface area contributed by atoms with Crippen LogP contribution in [0, 0.1) is 6.92 Å². The molecular formula is C20H22N6O2. The lowest BCUT2D eigenvalue weighted by molar-refractivity contribution is 0.0562. The summed E-state index contributed by atoms with van der Waals surface area (Å²) in [6.45, 7) is 1.95. The zero-order chi connectivity index (χ0) is 19.7. The topological polar surface area (TPSA) is 105 Å². The van der Waals surface area contributed by atoms with E-state index in [0.29, 0.717) is 24.4 Å². The molecule has 3 N–H and O–H groups in total. The predicted molar refractivity (Wildman–Crippen MR) is 105 cm³/mol. The molecule has 1 saturated carbocycles. The van der Waals surface area contributed by atoms with Gasteiger partial charge in [-0.3, -0.25) is 9.48 Å². The maximum atomic E-state index is 12.3. The number of amides is 1. The quantitative estimate of drug-likeness (QED) is 0.629. The molecule has 1 amide bonds. The van der Waals surface area contributed by atoms with Crippen LogP contribution in [0.4, 0.5) is 11.6 Å². The SMILES string of the molecule is Cc1cnc(Nc2cnn(C)c2)nc1-c1ccc(C(=O)NC2CC(O)C2)cc1. The summed E-state index contributed by atoms with van der Waals surface area (Å²) in [5.74, 6) is 0.362. The van der Waals surface area contributed by atoms with Gasteiger partial charge in [0.2, 0.25) is 5.95 Å². The van der Waals surface area contributed by atoms with Crippen LogP contribution in [0.2, 0.25) is 0 Å². The van der Waals surface area contributed by atoms with Crippen molar-refractivity contribution in [3.05, 3.63) is 54.0 Å². The molecular weight excluding hydrogens is 356 g/mol. The van der Waals surface area contributed by atoms with E-state index in [1.165, 1.54) is 0 Å². The molecule has 1 fully saturated rings. The molecule has 0 spiro atoms. The highest BCUT2D eigenvalue weighted by Crippen LogP contribution is 2.24. The molecule has 4 rings (SSSR count). The van der Waals surface area contributed by atoms with Crippen LogP contribution < -0.4 is 10.6 Å². The fourth-order valence-corrected chi connectivity index (χ4v) is 3.16. The minimum Gasteiger partial charge on any atom is -0.393 e. The van der Waals surface area contributed by atoms with E-state index in [9.17, 15) is 9.90 Å². The maximum absolute atomic E-state index is 12.3. The molecule has 0 radical (unpaired) electrons. The van der Waals surface area contributed by atoms with Crippen LogP contribution in [0.15, 0.2) is 42.9 Å². The lowest BCUT2D eigenvalue weighted by atomic mass is 9.89. The number of carbonyl (C=O) groups excluding carboxylic acids is 1. The zero-order valence-electron chi connectivity index (χ0n) is 15.8. The number of anilines is 2. The average molecular weight is 378 g/mol. The molecule has 8 nitrogen and oxygen atoms in total. The van der Waals surface area contributed by atoms with Gasteiger partial charge in [0.15, 0.2) is 0 Å². The first kappa shape index (κ1) is 18.1. The van der Waals surface area contributed by atoms with E-state index in [4.69, 9.17) is 0 Å². The van der Waals surface area contributed by atoms with Crippen molar-refractivity contribution < 1.29 is 9.90 Å². The number of benzene rings is 1. The zero-order valence-corrected chi connectivity index (χ0v) is 15.8. The van der Waals surface area contributed by atoms with Crippen LogP contribution in [-0.2, 0) is 7.05 Å². The van der Waals surface area contributed by atoms with Crippen molar-refractivity contribution in [2.75, 3.05) is 5.32 Å². The number of hydrogen-bond donors (Lipinski definition) is 3. The van der Waals surface area contributed by atoms with Gasteiger partial charge in [-0.25, -0.2) is 9.97 Å². The monoisotopic (exact) mass is 378 g/mol. The van der Waals surface area contributed by atoms with Gasteiger partial charge in [0.25, 0.3) is 5.91 Å². The third kappa shape index (κ3) is 3.86. The predicted octanol–water partition coefficient (Wildman–Crippen LogP) is 2.18. The number of hydrogen-bond acceptors (Lipinski definition) is 6. The molecule has 0 aliphatic heterocycles. The molecule has 0 saturated heterocycles. The van der Waals surface area contributed by atoms with Crippen molar-refractivity contribution in [2.45, 2.75) is 31.9 Å². The van der Waals surface area contributed by atoms with Crippen LogP contribution in [0.1, 0.15) is 28.8 Å². The first-order chi connectivity index (χ1) is 13.5. The number of aromatic nitrogens is 4. The summed E-state index contributed by atoms with van der Waals surface area (Å²) in [4.78, 5) is 21.2. The van der Waals surface area contributed by atoms with Crippen LogP contribution >= 0.6 is 0 Å². The van der Waals surface area contributed by atoms with E-state index < -0.39 is 0 Å². The molecule has 0 bridgehead atoms. The molecule has 1 aliphatic carbocycles. The average Bonchev–Trinajstić information content (AvgIpc) is 3.07. The maximum Gasteiger partial charge on any atom is 0.251 e. The highest BCUT2D eigenvalue weighted by Gasteiger charge is 2.28. The molecule has 8 heteroatoms. The Kier molecular flexibility index (Phi) is 4.79. The van der Waals surface area contributed by atoms with Gasteiger partial charge in [-0.1, -0.05) is 12.1 Å². The van der Waals surface area contributed by atoms with Gasteiger partial charge in [0, 0.05) is 36.6 Å². The lowest BCUT2D eigenvalue weighted by Crippen LogP contribution is -2.46. The summed E-state index contributed by atoms with van der Waals surface area (Å²) in [6, 6.07) is 7.40. The highest BCUT2D eigenvalue weighted by molar-refractivity contribution is 5.95. The lowest BCUT2D eigenvalue weighted by Gasteiger charge is -2.31. The Balaban J connectivity index is 1.50. The van der Waals surface area contributed by atoms with Crippen molar-refractivity contribution in [3.8, 4) is 11.3 Å². The molecule has 0 unspecified atom stereocenters. The molecule has 144 valence electrons. The smallest absolute Gasteiger partial charge is 0.251 e. The van der Waals surface area contributed by atoms with E-state index in [1.54, 1.807) is 29.2 Å². The summed E-state index contributed by atoms with van der Waals surface area (Å²) in [6.07, 6.45) is 6.27. The van der Waals surface area contributed by atoms with E-state index in [1.807, 2.05) is 32.3 Å². The minimum absolute atomic E-state index is 0.0624. The van der Waals surface area contributed by atoms with Crippen LogP contribution in [0.3, 0.4) is 0 Å². The molecule has 3 aromatic rings. The van der Waals surface area contributed by atoms with Crippen molar-refractivity contribution in [1.82, 2.24) is 25.1 Å². The standard InChI is InChI=1S/C20H22N6O2/c1-12-9-21-20(24-16-10-22-26(2)11-16)25-18(12)13-3-5-14(6-4-13)19(28)23-15-7-17(27)8-15/h3-6,9-11,15,17,27H,7-8H2,1-2H3,(H,23,28)(H,21,24,25). The molecule has 2 aromatic heterocycles. The van der Waals surface area contributed by atoms with Crippen LogP contribution in [-0.4, -0.2) is 42.9 Å². The molecule has 28 heavy (non-hydrogen) atoms. The van der Waals surface area contributed by atoms with E-state index in [2.05, 4.69) is 25.7 Å². The van der Waals surface area contributed by atoms with Gasteiger partial charge in [-0.15, -0.1) is 0 Å². The normalized spacial score (nSPS) is 18.4. The largest absolute Gasteiger partial charge is 0.393 e. The van der Waals surface area contributed by atoms with Crippen molar-refractivity contribution in [3.63, 3.8) is 0 Å². The second kappa shape index (κ2) is 7.40. The summed E-state index contributed by atoms with van der Waals surface area (Å²) >= 11 is 0. The third-order valence-corrected chi connectivity index (χ3v) is 4.80. The number of aliphatic hydroxyl groups is 1. The Morgan fingerprint density at radius 3 is 2.61 bits per heavy atom. The van der Waals surface area contributed by atoms with Gasteiger partial charge >= 0.3 is 0 Å². The number of rotatable bonds is 5. The Labute approximate surface area is 162 Å². The van der Waals surface area contributed by atoms with E-state index >= 15 is 0 Å². The fraction of sp³-hybridized carbons (Fsp3) is 0.300. The number of nitrogens with zero attached hydrogens (tertiary/aromatic N) is 4. The molecule has 1 aliphatic rings. The second-order valence-corrected chi connectivity index (χ2v) is 7.13. The molecule has 0 atom stereocenters. The van der Waals surface area contributed by atoms with Crippen molar-refractivity contribution in [1.29, 1.82) is 0 Å². The van der Waals surface area contributed by atoms with E-state index in [0.717, 1.165) is 22.5 Å². The highest BCUT2D eigenvalue weighted by atomic mass is 16.3. The minimum atomic E-state index is -0.289. The fourth-order valence-electron chi connectivity index (χ4n) is 3.16. The van der Waals surface area contributed by atoms with Gasteiger partial charge < -0.3 is 15.7 Å². The van der Waals surface area contributed by atoms with Gasteiger partial charge in [-0.2, -0.15) is 5.10 Å². The molecule has 1 aromatic carbocycles. The van der Waals surface area contributed by atoms with Gasteiger partial charge in [-0.05, 0) is 37.5 Å². The van der Waals surface area contributed by atoms with Crippen molar-refractivity contribution >= 4 is 17.5 Å². The Morgan fingerprint density at radius 2 is 1.96 bits per heavy atom. The summed E-state index contributed by atoms with van der Waals surface area (Å²) in [7, 11) is 1.84. The number of nitrogens with one attached hydrogen (secondary N) is 2. The van der Waals surface area contributed by atoms with Gasteiger partial charge in [0.05, 0.1) is 23.7 Å². The Morgan fingerprint density at radius 1 is 1.21 bits per heavy atom. The van der Waals surface area contributed by atoms with Crippen LogP contribution in [0.5, 0.6) is 0 Å². The Hall–Kier alpha value is -3.26. The van der Waals surface area contributed by atoms with Crippen molar-refractivity contribution in [2.24, 2.45) is 7.05 Å².